The van der Waals surface area contributed by atoms with Crippen LogP contribution in [0.2, 0.25) is 0 Å². The van der Waals surface area contributed by atoms with Crippen LogP contribution in [0.5, 0.6) is 0 Å². The van der Waals surface area contributed by atoms with Crippen molar-refractivity contribution >= 4 is 5.91 Å². The number of amides is 1. The van der Waals surface area contributed by atoms with Crippen molar-refractivity contribution in [2.75, 3.05) is 20.3 Å². The van der Waals surface area contributed by atoms with Crippen LogP contribution in [0.3, 0.4) is 0 Å². The van der Waals surface area contributed by atoms with E-state index in [0.717, 1.165) is 5.56 Å². The van der Waals surface area contributed by atoms with Crippen molar-refractivity contribution in [3.05, 3.63) is 35.6 Å². The standard InChI is InChI=1S/C14H21FN2O2/c1-10(12-4-6-13(15)7-5-12)17-11(2)14(18)16-8-9-19-3/h4-7,10-11,17H,8-9H2,1-3H3,(H,16,18). The largest absolute Gasteiger partial charge is 0.383 e. The van der Waals surface area contributed by atoms with Gasteiger partial charge in [-0.05, 0) is 31.5 Å². The van der Waals surface area contributed by atoms with Gasteiger partial charge in [-0.2, -0.15) is 0 Å². The van der Waals surface area contributed by atoms with Crippen molar-refractivity contribution in [1.82, 2.24) is 10.6 Å². The molecule has 0 aromatic heterocycles. The summed E-state index contributed by atoms with van der Waals surface area (Å²) in [7, 11) is 1.59. The third-order valence-corrected chi connectivity index (χ3v) is 2.87. The number of rotatable bonds is 7. The normalized spacial score (nSPS) is 13.9. The van der Waals surface area contributed by atoms with E-state index < -0.39 is 0 Å². The summed E-state index contributed by atoms with van der Waals surface area (Å²) in [6, 6.07) is 5.90. The third-order valence-electron chi connectivity index (χ3n) is 2.87. The molecule has 106 valence electrons. The average molecular weight is 268 g/mol. The zero-order valence-electron chi connectivity index (χ0n) is 11.6. The van der Waals surface area contributed by atoms with Gasteiger partial charge >= 0.3 is 0 Å². The lowest BCUT2D eigenvalue weighted by molar-refractivity contribution is -0.123. The van der Waals surface area contributed by atoms with Crippen LogP contribution >= 0.6 is 0 Å². The molecule has 0 saturated carbocycles. The van der Waals surface area contributed by atoms with Crippen molar-refractivity contribution in [2.24, 2.45) is 0 Å². The van der Waals surface area contributed by atoms with E-state index in [2.05, 4.69) is 10.6 Å². The van der Waals surface area contributed by atoms with Gasteiger partial charge in [0.15, 0.2) is 0 Å². The molecule has 2 N–H and O–H groups in total. The Balaban J connectivity index is 2.44. The summed E-state index contributed by atoms with van der Waals surface area (Å²) >= 11 is 0. The Hall–Kier alpha value is -1.46. The summed E-state index contributed by atoms with van der Waals surface area (Å²) in [5.74, 6) is -0.340. The summed E-state index contributed by atoms with van der Waals surface area (Å²) in [5.41, 5.74) is 0.943. The van der Waals surface area contributed by atoms with E-state index in [1.807, 2.05) is 6.92 Å². The van der Waals surface area contributed by atoms with Gasteiger partial charge in [0.1, 0.15) is 5.82 Å². The maximum Gasteiger partial charge on any atom is 0.236 e. The van der Waals surface area contributed by atoms with Gasteiger partial charge < -0.3 is 10.1 Å². The fourth-order valence-corrected chi connectivity index (χ4v) is 1.73. The molecular weight excluding hydrogens is 247 g/mol. The van der Waals surface area contributed by atoms with Gasteiger partial charge in [0, 0.05) is 19.7 Å². The molecule has 0 aliphatic heterocycles. The van der Waals surface area contributed by atoms with Crippen LogP contribution in [0, 0.1) is 5.82 Å². The minimum Gasteiger partial charge on any atom is -0.383 e. The fourth-order valence-electron chi connectivity index (χ4n) is 1.73. The van der Waals surface area contributed by atoms with Crippen LogP contribution in [0.1, 0.15) is 25.5 Å². The van der Waals surface area contributed by atoms with E-state index in [9.17, 15) is 9.18 Å². The van der Waals surface area contributed by atoms with Crippen LogP contribution in [-0.4, -0.2) is 32.2 Å². The SMILES string of the molecule is COCCNC(=O)C(C)NC(C)c1ccc(F)cc1. The zero-order valence-corrected chi connectivity index (χ0v) is 11.6. The first-order chi connectivity index (χ1) is 9.04. The van der Waals surface area contributed by atoms with Crippen molar-refractivity contribution in [1.29, 1.82) is 0 Å². The Bertz CT molecular complexity index is 395. The lowest BCUT2D eigenvalue weighted by atomic mass is 10.1. The second kappa shape index (κ2) is 7.86. The van der Waals surface area contributed by atoms with Gasteiger partial charge in [-0.15, -0.1) is 0 Å². The van der Waals surface area contributed by atoms with E-state index in [-0.39, 0.29) is 23.8 Å². The number of ether oxygens (including phenoxy) is 1. The predicted octanol–water partition coefficient (Wildman–Crippen LogP) is 1.63. The molecule has 0 bridgehead atoms. The van der Waals surface area contributed by atoms with Gasteiger partial charge in [-0.25, -0.2) is 4.39 Å². The third kappa shape index (κ3) is 5.36. The Morgan fingerprint density at radius 3 is 2.53 bits per heavy atom. The van der Waals surface area contributed by atoms with Gasteiger partial charge in [0.25, 0.3) is 0 Å². The van der Waals surface area contributed by atoms with Crippen molar-refractivity contribution in [3.8, 4) is 0 Å². The maximum atomic E-state index is 12.8. The first-order valence-corrected chi connectivity index (χ1v) is 6.32. The molecule has 1 aromatic rings. The highest BCUT2D eigenvalue weighted by molar-refractivity contribution is 5.81. The molecule has 1 amide bonds. The number of methoxy groups -OCH3 is 1. The highest BCUT2D eigenvalue weighted by atomic mass is 19.1. The molecule has 1 rings (SSSR count). The van der Waals surface area contributed by atoms with E-state index in [1.54, 1.807) is 26.2 Å². The zero-order chi connectivity index (χ0) is 14.3. The Morgan fingerprint density at radius 1 is 1.32 bits per heavy atom. The highest BCUT2D eigenvalue weighted by Gasteiger charge is 2.15. The van der Waals surface area contributed by atoms with E-state index in [4.69, 9.17) is 4.74 Å². The number of benzene rings is 1. The topological polar surface area (TPSA) is 50.4 Å². The molecule has 2 unspecified atom stereocenters. The van der Waals surface area contributed by atoms with E-state index in [0.29, 0.717) is 13.2 Å². The minimum absolute atomic E-state index is 0.0243. The predicted molar refractivity (Wildman–Crippen MR) is 72.3 cm³/mol. The molecule has 2 atom stereocenters. The average Bonchev–Trinajstić information content (AvgIpc) is 2.39. The monoisotopic (exact) mass is 268 g/mol. The number of nitrogens with one attached hydrogen (secondary N) is 2. The molecule has 0 fully saturated rings. The molecule has 0 radical (unpaired) electrons. The summed E-state index contributed by atoms with van der Waals surface area (Å²) in [6.45, 7) is 4.71. The van der Waals surface area contributed by atoms with Gasteiger partial charge in [0.05, 0.1) is 12.6 Å². The summed E-state index contributed by atoms with van der Waals surface area (Å²) < 4.78 is 17.7. The van der Waals surface area contributed by atoms with E-state index in [1.165, 1.54) is 12.1 Å². The smallest absolute Gasteiger partial charge is 0.236 e. The molecule has 5 heteroatoms. The molecule has 4 nitrogen and oxygen atoms in total. The lowest BCUT2D eigenvalue weighted by Gasteiger charge is -2.20. The number of carbonyl (C=O) groups excluding carboxylic acids is 1. The maximum absolute atomic E-state index is 12.8. The van der Waals surface area contributed by atoms with Crippen molar-refractivity contribution in [2.45, 2.75) is 25.9 Å². The molecule has 1 aromatic carbocycles. The number of hydrogen-bond acceptors (Lipinski definition) is 3. The van der Waals surface area contributed by atoms with E-state index >= 15 is 0 Å². The molecular formula is C14H21FN2O2. The molecule has 0 aliphatic rings. The molecule has 0 aliphatic carbocycles. The Kier molecular flexibility index (Phi) is 6.45. The second-order valence-corrected chi connectivity index (χ2v) is 4.45. The van der Waals surface area contributed by atoms with Crippen LogP contribution in [-0.2, 0) is 9.53 Å². The van der Waals surface area contributed by atoms with Crippen molar-refractivity contribution in [3.63, 3.8) is 0 Å². The quantitative estimate of drug-likeness (QED) is 0.739. The highest BCUT2D eigenvalue weighted by Crippen LogP contribution is 2.13. The summed E-state index contributed by atoms with van der Waals surface area (Å²) in [5, 5.41) is 5.93. The summed E-state index contributed by atoms with van der Waals surface area (Å²) in [6.07, 6.45) is 0. The molecule has 0 heterocycles. The Labute approximate surface area is 113 Å². The Morgan fingerprint density at radius 2 is 1.95 bits per heavy atom. The lowest BCUT2D eigenvalue weighted by Crippen LogP contribution is -2.44. The molecule has 0 spiro atoms. The number of carbonyl (C=O) groups is 1. The van der Waals surface area contributed by atoms with Gasteiger partial charge in [-0.3, -0.25) is 10.1 Å². The van der Waals surface area contributed by atoms with Crippen LogP contribution in [0.4, 0.5) is 4.39 Å². The van der Waals surface area contributed by atoms with Crippen LogP contribution in [0.15, 0.2) is 24.3 Å². The number of halogens is 1. The fraction of sp³-hybridized carbons (Fsp3) is 0.500. The van der Waals surface area contributed by atoms with Crippen LogP contribution < -0.4 is 10.6 Å². The first kappa shape index (κ1) is 15.6. The number of hydrogen-bond donors (Lipinski definition) is 2. The minimum atomic E-state index is -0.322. The first-order valence-electron chi connectivity index (χ1n) is 6.32. The summed E-state index contributed by atoms with van der Waals surface area (Å²) in [4.78, 5) is 11.7. The van der Waals surface area contributed by atoms with Gasteiger partial charge in [-0.1, -0.05) is 12.1 Å². The molecule has 0 saturated heterocycles. The second-order valence-electron chi connectivity index (χ2n) is 4.45. The molecule has 19 heavy (non-hydrogen) atoms. The van der Waals surface area contributed by atoms with Crippen LogP contribution in [0.25, 0.3) is 0 Å². The van der Waals surface area contributed by atoms with Gasteiger partial charge in [0.2, 0.25) is 5.91 Å². The van der Waals surface area contributed by atoms with Crippen molar-refractivity contribution < 1.29 is 13.9 Å².